The molecular weight excluding hydrogens is 354 g/mol. The number of nitrogens with zero attached hydrogens (tertiary/aromatic N) is 1. The second-order valence-corrected chi connectivity index (χ2v) is 7.93. The maximum absolute atomic E-state index is 10.0. The molecule has 0 radical (unpaired) electrons. The van der Waals surface area contributed by atoms with E-state index in [2.05, 4.69) is 103 Å². The van der Waals surface area contributed by atoms with Crippen molar-refractivity contribution < 1.29 is 5.11 Å². The highest BCUT2D eigenvalue weighted by Crippen LogP contribution is 2.22. The second kappa shape index (κ2) is 11.5. The van der Waals surface area contributed by atoms with Crippen molar-refractivity contribution in [2.24, 2.45) is 5.92 Å². The van der Waals surface area contributed by atoms with Crippen molar-refractivity contribution >= 4 is 0 Å². The molecule has 0 saturated carbocycles. The van der Waals surface area contributed by atoms with Crippen LogP contribution in [0.25, 0.3) is 0 Å². The van der Waals surface area contributed by atoms with Gasteiger partial charge in [-0.1, -0.05) is 98.0 Å². The van der Waals surface area contributed by atoms with Crippen molar-refractivity contribution in [2.75, 3.05) is 13.2 Å². The van der Waals surface area contributed by atoms with Crippen LogP contribution in [0.4, 0.5) is 0 Å². The van der Waals surface area contributed by atoms with E-state index in [9.17, 15) is 5.11 Å². The van der Waals surface area contributed by atoms with E-state index in [-0.39, 0.29) is 18.6 Å². The van der Waals surface area contributed by atoms with Gasteiger partial charge in [-0.05, 0) is 41.9 Å². The van der Waals surface area contributed by atoms with Gasteiger partial charge in [0.1, 0.15) is 0 Å². The lowest BCUT2D eigenvalue weighted by Gasteiger charge is -2.36. The summed E-state index contributed by atoms with van der Waals surface area (Å²) in [5, 5.41) is 10.0. The van der Waals surface area contributed by atoms with E-state index in [1.54, 1.807) is 0 Å². The summed E-state index contributed by atoms with van der Waals surface area (Å²) in [5.74, 6) is 0.192. The van der Waals surface area contributed by atoms with Gasteiger partial charge >= 0.3 is 0 Å². The predicted molar refractivity (Wildman–Crippen MR) is 123 cm³/mol. The third kappa shape index (κ3) is 6.85. The highest BCUT2D eigenvalue weighted by Gasteiger charge is 2.25. The second-order valence-electron chi connectivity index (χ2n) is 7.93. The van der Waals surface area contributed by atoms with Crippen LogP contribution in [0, 0.1) is 5.92 Å². The van der Waals surface area contributed by atoms with E-state index in [1.807, 2.05) is 0 Å². The number of aliphatic hydroxyl groups excluding tert-OH is 1. The van der Waals surface area contributed by atoms with Crippen molar-refractivity contribution in [2.45, 2.75) is 38.8 Å². The molecule has 1 N–H and O–H groups in total. The van der Waals surface area contributed by atoms with E-state index in [0.29, 0.717) is 0 Å². The molecule has 1 aliphatic carbocycles. The molecule has 152 valence electrons. The van der Waals surface area contributed by atoms with Crippen LogP contribution >= 0.6 is 0 Å². The molecule has 29 heavy (non-hydrogen) atoms. The summed E-state index contributed by atoms with van der Waals surface area (Å²) in [7, 11) is 0. The number of aliphatic hydroxyl groups is 1. The fraction of sp³-hybridized carbons (Fsp3) is 0.333. The largest absolute Gasteiger partial charge is 0.396 e. The Bertz CT molecular complexity index is 807. The Labute approximate surface area is 175 Å². The first-order valence-corrected chi connectivity index (χ1v) is 10.7. The van der Waals surface area contributed by atoms with Gasteiger partial charge in [-0.15, -0.1) is 0 Å². The van der Waals surface area contributed by atoms with Crippen LogP contribution in [-0.2, 0) is 13.0 Å². The fourth-order valence-corrected chi connectivity index (χ4v) is 3.91. The Morgan fingerprint density at radius 1 is 0.828 bits per heavy atom. The van der Waals surface area contributed by atoms with Gasteiger partial charge in [-0.3, -0.25) is 4.90 Å². The van der Waals surface area contributed by atoms with Crippen LogP contribution in [0.5, 0.6) is 0 Å². The average molecular weight is 388 g/mol. The fourth-order valence-electron chi connectivity index (χ4n) is 3.91. The third-order valence-corrected chi connectivity index (χ3v) is 5.60. The molecule has 2 heteroatoms. The maximum Gasteiger partial charge on any atom is 0.0471 e. The number of hydrogen-bond acceptors (Lipinski definition) is 2. The van der Waals surface area contributed by atoms with Gasteiger partial charge in [0.2, 0.25) is 0 Å². The summed E-state index contributed by atoms with van der Waals surface area (Å²) >= 11 is 0. The SMILES string of the molecule is CC(CO)[C@H](Cc1ccccc1)N(CC1=CC/C=C\C/C=C\1)Cc1ccccc1. The topological polar surface area (TPSA) is 23.5 Å². The van der Waals surface area contributed by atoms with Gasteiger partial charge in [0.15, 0.2) is 0 Å². The quantitative estimate of drug-likeness (QED) is 0.569. The smallest absolute Gasteiger partial charge is 0.0471 e. The lowest BCUT2D eigenvalue weighted by atomic mass is 9.92. The first-order chi connectivity index (χ1) is 14.3. The van der Waals surface area contributed by atoms with Crippen LogP contribution in [0.2, 0.25) is 0 Å². The van der Waals surface area contributed by atoms with E-state index < -0.39 is 0 Å². The van der Waals surface area contributed by atoms with Crippen LogP contribution < -0.4 is 0 Å². The summed E-state index contributed by atoms with van der Waals surface area (Å²) in [4.78, 5) is 2.55. The van der Waals surface area contributed by atoms with Gasteiger partial charge in [0.05, 0.1) is 0 Å². The van der Waals surface area contributed by atoms with Gasteiger partial charge < -0.3 is 5.11 Å². The van der Waals surface area contributed by atoms with Gasteiger partial charge in [0, 0.05) is 25.7 Å². The summed E-state index contributed by atoms with van der Waals surface area (Å²) < 4.78 is 0. The number of allylic oxidation sites excluding steroid dienone is 4. The zero-order valence-corrected chi connectivity index (χ0v) is 17.5. The molecule has 0 heterocycles. The number of hydrogen-bond donors (Lipinski definition) is 1. The molecule has 0 aliphatic heterocycles. The van der Waals surface area contributed by atoms with Crippen LogP contribution in [0.1, 0.15) is 30.9 Å². The van der Waals surface area contributed by atoms with Crippen LogP contribution in [0.3, 0.4) is 0 Å². The molecule has 1 aliphatic rings. The van der Waals surface area contributed by atoms with Crippen molar-refractivity contribution in [1.29, 1.82) is 0 Å². The molecule has 2 nitrogen and oxygen atoms in total. The molecule has 2 aromatic rings. The van der Waals surface area contributed by atoms with Gasteiger partial charge in [0.25, 0.3) is 0 Å². The molecule has 0 spiro atoms. The zero-order chi connectivity index (χ0) is 20.3. The van der Waals surface area contributed by atoms with Crippen LogP contribution in [0.15, 0.2) is 96.6 Å². The van der Waals surface area contributed by atoms with Crippen LogP contribution in [-0.4, -0.2) is 29.2 Å². The molecular formula is C27H33NO. The molecule has 0 amide bonds. The summed E-state index contributed by atoms with van der Waals surface area (Å²) in [6.45, 7) is 4.13. The molecule has 0 bridgehead atoms. The summed E-state index contributed by atoms with van der Waals surface area (Å²) in [6.07, 6.45) is 14.2. The highest BCUT2D eigenvalue weighted by molar-refractivity contribution is 5.25. The number of benzene rings is 2. The monoisotopic (exact) mass is 387 g/mol. The van der Waals surface area contributed by atoms with Crippen molar-refractivity contribution in [3.63, 3.8) is 0 Å². The zero-order valence-electron chi connectivity index (χ0n) is 17.5. The highest BCUT2D eigenvalue weighted by atomic mass is 16.3. The third-order valence-electron chi connectivity index (χ3n) is 5.60. The van der Waals surface area contributed by atoms with Crippen molar-refractivity contribution in [3.8, 4) is 0 Å². The minimum atomic E-state index is 0.192. The summed E-state index contributed by atoms with van der Waals surface area (Å²) in [6, 6.07) is 21.6. The Morgan fingerprint density at radius 3 is 2.17 bits per heavy atom. The lowest BCUT2D eigenvalue weighted by molar-refractivity contribution is 0.107. The minimum absolute atomic E-state index is 0.192. The predicted octanol–water partition coefficient (Wildman–Crippen LogP) is 5.56. The molecule has 2 atom stereocenters. The van der Waals surface area contributed by atoms with Crippen molar-refractivity contribution in [3.05, 3.63) is 108 Å². The van der Waals surface area contributed by atoms with Gasteiger partial charge in [-0.2, -0.15) is 0 Å². The van der Waals surface area contributed by atoms with E-state index >= 15 is 0 Å². The molecule has 3 rings (SSSR count). The molecule has 1 unspecified atom stereocenters. The molecule has 0 fully saturated rings. The first kappa shape index (κ1) is 21.3. The van der Waals surface area contributed by atoms with E-state index in [4.69, 9.17) is 0 Å². The Balaban J connectivity index is 1.87. The normalized spacial score (nSPS) is 18.4. The molecule has 0 aromatic heterocycles. The van der Waals surface area contributed by atoms with Gasteiger partial charge in [-0.25, -0.2) is 0 Å². The maximum atomic E-state index is 10.0. The molecule has 0 saturated heterocycles. The van der Waals surface area contributed by atoms with E-state index in [1.165, 1.54) is 16.7 Å². The molecule has 2 aromatic carbocycles. The summed E-state index contributed by atoms with van der Waals surface area (Å²) in [5.41, 5.74) is 3.99. The van der Waals surface area contributed by atoms with E-state index in [0.717, 1.165) is 32.4 Å². The lowest BCUT2D eigenvalue weighted by Crippen LogP contribution is -2.43. The Kier molecular flexibility index (Phi) is 8.48. The Morgan fingerprint density at radius 2 is 1.48 bits per heavy atom. The minimum Gasteiger partial charge on any atom is -0.396 e. The Hall–Kier alpha value is -2.42. The average Bonchev–Trinajstić information content (AvgIpc) is 2.74. The first-order valence-electron chi connectivity index (χ1n) is 10.7. The number of rotatable bonds is 9. The van der Waals surface area contributed by atoms with Crippen molar-refractivity contribution in [1.82, 2.24) is 4.90 Å². The standard InChI is InChI=1S/C27H33NO/c1-23(22-29)27(19-24-13-9-5-10-14-24)28(21-26-17-11-6-12-18-26)20-25-15-7-3-2-4-8-16-25/h2-3,5-6,8-18,23,27,29H,4,7,19-22H2,1H3/b3-2-,16-8-,25-15?/t23?,27-/m0/s1.